The van der Waals surface area contributed by atoms with E-state index in [1.807, 2.05) is 6.07 Å². The van der Waals surface area contributed by atoms with E-state index in [-0.39, 0.29) is 0 Å². The Morgan fingerprint density at radius 2 is 2.18 bits per heavy atom. The largest absolute Gasteiger partial charge is 0.496 e. The van der Waals surface area contributed by atoms with Gasteiger partial charge >= 0.3 is 0 Å². The maximum absolute atomic E-state index is 5.22. The SMILES string of the molecule is CCNC(C)CCCc1ccc(OC)c(Br)c1. The molecular formula is C14H22BrNO. The van der Waals surface area contributed by atoms with Gasteiger partial charge in [0.05, 0.1) is 11.6 Å². The molecule has 1 aromatic carbocycles. The van der Waals surface area contributed by atoms with Crippen molar-refractivity contribution in [2.75, 3.05) is 13.7 Å². The number of methoxy groups -OCH3 is 1. The highest BCUT2D eigenvalue weighted by atomic mass is 79.9. The van der Waals surface area contributed by atoms with Gasteiger partial charge in [0.15, 0.2) is 0 Å². The van der Waals surface area contributed by atoms with Crippen LogP contribution in [-0.2, 0) is 6.42 Å². The van der Waals surface area contributed by atoms with Crippen molar-refractivity contribution in [1.29, 1.82) is 0 Å². The zero-order valence-corrected chi connectivity index (χ0v) is 12.5. The number of nitrogens with one attached hydrogen (secondary N) is 1. The fourth-order valence-corrected chi connectivity index (χ4v) is 2.52. The van der Waals surface area contributed by atoms with Gasteiger partial charge in [0.25, 0.3) is 0 Å². The zero-order chi connectivity index (χ0) is 12.7. The predicted octanol–water partition coefficient (Wildman–Crippen LogP) is 3.78. The van der Waals surface area contributed by atoms with Gasteiger partial charge < -0.3 is 10.1 Å². The summed E-state index contributed by atoms with van der Waals surface area (Å²) in [4.78, 5) is 0. The Balaban J connectivity index is 2.39. The molecule has 0 spiro atoms. The maximum atomic E-state index is 5.22. The van der Waals surface area contributed by atoms with Crippen molar-refractivity contribution >= 4 is 15.9 Å². The normalized spacial score (nSPS) is 12.5. The molecule has 0 saturated carbocycles. The third-order valence-electron chi connectivity index (χ3n) is 2.87. The fraction of sp³-hybridized carbons (Fsp3) is 0.571. The van der Waals surface area contributed by atoms with Gasteiger partial charge in [-0.15, -0.1) is 0 Å². The van der Waals surface area contributed by atoms with Gasteiger partial charge in [-0.3, -0.25) is 0 Å². The number of hydrogen-bond donors (Lipinski definition) is 1. The molecule has 0 radical (unpaired) electrons. The summed E-state index contributed by atoms with van der Waals surface area (Å²) in [5.74, 6) is 0.898. The summed E-state index contributed by atoms with van der Waals surface area (Å²) >= 11 is 3.52. The Kier molecular flexibility index (Phi) is 6.60. The van der Waals surface area contributed by atoms with E-state index >= 15 is 0 Å². The number of ether oxygens (including phenoxy) is 1. The average molecular weight is 300 g/mol. The van der Waals surface area contributed by atoms with Crippen molar-refractivity contribution in [2.45, 2.75) is 39.2 Å². The summed E-state index contributed by atoms with van der Waals surface area (Å²) in [6, 6.07) is 6.92. The minimum absolute atomic E-state index is 0.613. The van der Waals surface area contributed by atoms with E-state index in [1.54, 1.807) is 7.11 Å². The molecule has 96 valence electrons. The van der Waals surface area contributed by atoms with Crippen LogP contribution in [0.25, 0.3) is 0 Å². The summed E-state index contributed by atoms with van der Waals surface area (Å²) < 4.78 is 6.26. The molecule has 0 aliphatic heterocycles. The first-order valence-corrected chi connectivity index (χ1v) is 7.02. The quantitative estimate of drug-likeness (QED) is 0.827. The molecule has 0 heterocycles. The second kappa shape index (κ2) is 7.72. The summed E-state index contributed by atoms with van der Waals surface area (Å²) in [5, 5.41) is 3.43. The van der Waals surface area contributed by atoms with Gasteiger partial charge in [0.2, 0.25) is 0 Å². The first-order chi connectivity index (χ1) is 8.17. The third kappa shape index (κ3) is 5.09. The smallest absolute Gasteiger partial charge is 0.133 e. The van der Waals surface area contributed by atoms with Crippen molar-refractivity contribution in [1.82, 2.24) is 5.32 Å². The lowest BCUT2D eigenvalue weighted by Gasteiger charge is -2.12. The second-order valence-electron chi connectivity index (χ2n) is 4.32. The van der Waals surface area contributed by atoms with Crippen LogP contribution in [0.4, 0.5) is 0 Å². The monoisotopic (exact) mass is 299 g/mol. The minimum Gasteiger partial charge on any atom is -0.496 e. The van der Waals surface area contributed by atoms with Crippen LogP contribution in [0.1, 0.15) is 32.3 Å². The topological polar surface area (TPSA) is 21.3 Å². The van der Waals surface area contributed by atoms with Crippen LogP contribution in [-0.4, -0.2) is 19.7 Å². The molecule has 1 atom stereocenters. The lowest BCUT2D eigenvalue weighted by molar-refractivity contribution is 0.412. The Labute approximate surface area is 113 Å². The highest BCUT2D eigenvalue weighted by Crippen LogP contribution is 2.26. The van der Waals surface area contributed by atoms with Crippen LogP contribution >= 0.6 is 15.9 Å². The van der Waals surface area contributed by atoms with E-state index in [0.29, 0.717) is 6.04 Å². The molecule has 0 saturated heterocycles. The van der Waals surface area contributed by atoms with E-state index in [9.17, 15) is 0 Å². The number of halogens is 1. The molecule has 0 fully saturated rings. The predicted molar refractivity (Wildman–Crippen MR) is 76.8 cm³/mol. The van der Waals surface area contributed by atoms with Gasteiger partial charge in [-0.05, 0) is 66.4 Å². The molecule has 1 N–H and O–H groups in total. The molecule has 0 bridgehead atoms. The standard InChI is InChI=1S/C14H22BrNO/c1-4-16-11(2)6-5-7-12-8-9-14(17-3)13(15)10-12/h8-11,16H,4-7H2,1-3H3. The molecule has 1 unspecified atom stereocenters. The summed E-state index contributed by atoms with van der Waals surface area (Å²) in [7, 11) is 1.69. The van der Waals surface area contributed by atoms with Crippen molar-refractivity contribution < 1.29 is 4.74 Å². The van der Waals surface area contributed by atoms with E-state index in [1.165, 1.54) is 18.4 Å². The van der Waals surface area contributed by atoms with Crippen LogP contribution in [0.5, 0.6) is 5.75 Å². The second-order valence-corrected chi connectivity index (χ2v) is 5.17. The van der Waals surface area contributed by atoms with Crippen LogP contribution in [0, 0.1) is 0 Å². The van der Waals surface area contributed by atoms with Crippen LogP contribution in [0.2, 0.25) is 0 Å². The number of rotatable bonds is 7. The van der Waals surface area contributed by atoms with E-state index in [4.69, 9.17) is 4.74 Å². The summed E-state index contributed by atoms with van der Waals surface area (Å²) in [6.07, 6.45) is 3.56. The lowest BCUT2D eigenvalue weighted by Crippen LogP contribution is -2.25. The Morgan fingerprint density at radius 1 is 1.41 bits per heavy atom. The molecule has 2 nitrogen and oxygen atoms in total. The number of aryl methyl sites for hydroxylation is 1. The number of benzene rings is 1. The first-order valence-electron chi connectivity index (χ1n) is 6.23. The number of hydrogen-bond acceptors (Lipinski definition) is 2. The van der Waals surface area contributed by atoms with Crippen molar-refractivity contribution in [3.63, 3.8) is 0 Å². The Bertz CT molecular complexity index is 341. The summed E-state index contributed by atoms with van der Waals surface area (Å²) in [5.41, 5.74) is 1.36. The highest BCUT2D eigenvalue weighted by molar-refractivity contribution is 9.10. The van der Waals surface area contributed by atoms with Gasteiger partial charge in [0, 0.05) is 6.04 Å². The molecule has 0 aromatic heterocycles. The van der Waals surface area contributed by atoms with Gasteiger partial charge in [-0.1, -0.05) is 13.0 Å². The van der Waals surface area contributed by atoms with Crippen LogP contribution in [0.15, 0.2) is 22.7 Å². The molecule has 0 aliphatic carbocycles. The van der Waals surface area contributed by atoms with Gasteiger partial charge in [-0.25, -0.2) is 0 Å². The van der Waals surface area contributed by atoms with E-state index < -0.39 is 0 Å². The Hall–Kier alpha value is -0.540. The molecule has 0 aliphatic rings. The van der Waals surface area contributed by atoms with Crippen LogP contribution in [0.3, 0.4) is 0 Å². The molecular weight excluding hydrogens is 278 g/mol. The highest BCUT2D eigenvalue weighted by Gasteiger charge is 2.03. The molecule has 3 heteroatoms. The van der Waals surface area contributed by atoms with E-state index in [2.05, 4.69) is 47.2 Å². The zero-order valence-electron chi connectivity index (χ0n) is 10.9. The van der Waals surface area contributed by atoms with Crippen LogP contribution < -0.4 is 10.1 Å². The first kappa shape index (κ1) is 14.5. The van der Waals surface area contributed by atoms with Gasteiger partial charge in [0.1, 0.15) is 5.75 Å². The Morgan fingerprint density at radius 3 is 2.76 bits per heavy atom. The van der Waals surface area contributed by atoms with Crippen molar-refractivity contribution in [2.24, 2.45) is 0 Å². The molecule has 17 heavy (non-hydrogen) atoms. The fourth-order valence-electron chi connectivity index (χ4n) is 1.93. The molecule has 1 aromatic rings. The minimum atomic E-state index is 0.613. The van der Waals surface area contributed by atoms with Crippen molar-refractivity contribution in [3.8, 4) is 5.75 Å². The maximum Gasteiger partial charge on any atom is 0.133 e. The molecule has 1 rings (SSSR count). The van der Waals surface area contributed by atoms with E-state index in [0.717, 1.165) is 23.2 Å². The lowest BCUT2D eigenvalue weighted by atomic mass is 10.1. The van der Waals surface area contributed by atoms with Gasteiger partial charge in [-0.2, -0.15) is 0 Å². The average Bonchev–Trinajstić information content (AvgIpc) is 2.29. The third-order valence-corrected chi connectivity index (χ3v) is 3.49. The van der Waals surface area contributed by atoms with Crippen molar-refractivity contribution in [3.05, 3.63) is 28.2 Å². The molecule has 0 amide bonds. The summed E-state index contributed by atoms with van der Waals surface area (Å²) in [6.45, 7) is 5.44.